The van der Waals surface area contributed by atoms with E-state index in [1.807, 2.05) is 0 Å². The largest absolute Gasteiger partial charge is 0.356 e. The Bertz CT molecular complexity index is 245. The maximum Gasteiger partial charge on any atom is 0.221 e. The van der Waals surface area contributed by atoms with Gasteiger partial charge in [-0.15, -0.1) is 0 Å². The number of carbonyl (C=O) groups is 1. The molecule has 1 aliphatic heterocycles. The van der Waals surface area contributed by atoms with Gasteiger partial charge in [-0.25, -0.2) is 0 Å². The second-order valence-corrected chi connectivity index (χ2v) is 5.88. The Balaban J connectivity index is 2.36. The third-order valence-electron chi connectivity index (χ3n) is 3.94. The monoisotopic (exact) mass is 241 g/mol. The number of hydrogen-bond donors (Lipinski definition) is 2. The average molecular weight is 241 g/mol. The number of amides is 1. The van der Waals surface area contributed by atoms with Crippen molar-refractivity contribution in [3.8, 4) is 0 Å². The van der Waals surface area contributed by atoms with Crippen LogP contribution in [-0.2, 0) is 4.79 Å². The fourth-order valence-electron chi connectivity index (χ4n) is 2.48. The van der Waals surface area contributed by atoms with Gasteiger partial charge in [-0.1, -0.05) is 13.8 Å². The van der Waals surface area contributed by atoms with Crippen molar-refractivity contribution >= 4 is 5.91 Å². The Morgan fingerprint density at radius 2 is 2.00 bits per heavy atom. The van der Waals surface area contributed by atoms with E-state index in [2.05, 4.69) is 31.1 Å². The highest BCUT2D eigenvalue weighted by molar-refractivity contribution is 5.76. The topological polar surface area (TPSA) is 58.4 Å². The van der Waals surface area contributed by atoms with E-state index < -0.39 is 0 Å². The predicted octanol–water partition coefficient (Wildman–Crippen LogP) is 0.819. The molecule has 0 aromatic rings. The second kappa shape index (κ2) is 6.36. The molecule has 1 amide bonds. The highest BCUT2D eigenvalue weighted by Crippen LogP contribution is 2.34. The smallest absolute Gasteiger partial charge is 0.221 e. The van der Waals surface area contributed by atoms with Crippen LogP contribution in [0.25, 0.3) is 0 Å². The molecule has 0 bridgehead atoms. The number of piperidine rings is 1. The zero-order chi connectivity index (χ0) is 12.9. The lowest BCUT2D eigenvalue weighted by Crippen LogP contribution is -2.43. The number of nitrogens with zero attached hydrogens (tertiary/aromatic N) is 1. The fraction of sp³-hybridized carbons (Fsp3) is 0.923. The quantitative estimate of drug-likeness (QED) is 0.749. The van der Waals surface area contributed by atoms with Gasteiger partial charge in [0.2, 0.25) is 5.91 Å². The molecule has 1 fully saturated rings. The summed E-state index contributed by atoms with van der Waals surface area (Å²) in [5, 5.41) is 3.00. The highest BCUT2D eigenvalue weighted by atomic mass is 16.1. The van der Waals surface area contributed by atoms with Crippen molar-refractivity contribution in [3.05, 3.63) is 0 Å². The Morgan fingerprint density at radius 1 is 1.41 bits per heavy atom. The van der Waals surface area contributed by atoms with Crippen LogP contribution in [0, 0.1) is 11.3 Å². The summed E-state index contributed by atoms with van der Waals surface area (Å²) in [5.41, 5.74) is 5.55. The molecular weight excluding hydrogens is 214 g/mol. The Labute approximate surface area is 105 Å². The minimum atomic E-state index is 0.0773. The maximum absolute atomic E-state index is 11.4. The minimum Gasteiger partial charge on any atom is -0.356 e. The van der Waals surface area contributed by atoms with E-state index in [0.29, 0.717) is 18.9 Å². The third kappa shape index (κ3) is 4.64. The molecule has 0 radical (unpaired) electrons. The lowest BCUT2D eigenvalue weighted by Gasteiger charge is -2.39. The summed E-state index contributed by atoms with van der Waals surface area (Å²) in [7, 11) is 2.17. The summed E-state index contributed by atoms with van der Waals surface area (Å²) in [4.78, 5) is 13.8. The summed E-state index contributed by atoms with van der Waals surface area (Å²) in [6.45, 7) is 8.05. The number of rotatable bonds is 5. The molecule has 0 aliphatic carbocycles. The van der Waals surface area contributed by atoms with Crippen molar-refractivity contribution in [1.29, 1.82) is 0 Å². The summed E-state index contributed by atoms with van der Waals surface area (Å²) in [6, 6.07) is 0. The van der Waals surface area contributed by atoms with Crippen LogP contribution >= 0.6 is 0 Å². The second-order valence-electron chi connectivity index (χ2n) is 5.88. The standard InChI is InChI=1S/C13H27N3O/c1-13(2,10-15-12(17)4-7-14)11-5-8-16(3)9-6-11/h11H,4-10,14H2,1-3H3,(H,15,17). The number of hydrogen-bond acceptors (Lipinski definition) is 3. The maximum atomic E-state index is 11.4. The Hall–Kier alpha value is -0.610. The van der Waals surface area contributed by atoms with Gasteiger partial charge in [0.1, 0.15) is 0 Å². The molecule has 0 aromatic heterocycles. The number of likely N-dealkylation sites (tertiary alicyclic amines) is 1. The lowest BCUT2D eigenvalue weighted by molar-refractivity contribution is -0.121. The first-order valence-electron chi connectivity index (χ1n) is 6.61. The molecule has 0 spiro atoms. The van der Waals surface area contributed by atoms with E-state index in [1.165, 1.54) is 25.9 Å². The van der Waals surface area contributed by atoms with Crippen LogP contribution in [0.5, 0.6) is 0 Å². The summed E-state index contributed by atoms with van der Waals surface area (Å²) < 4.78 is 0. The van der Waals surface area contributed by atoms with Gasteiger partial charge in [0.05, 0.1) is 0 Å². The van der Waals surface area contributed by atoms with Crippen molar-refractivity contribution in [2.75, 3.05) is 33.2 Å². The molecule has 0 unspecified atom stereocenters. The zero-order valence-electron chi connectivity index (χ0n) is 11.5. The van der Waals surface area contributed by atoms with Crippen LogP contribution in [0.1, 0.15) is 33.1 Å². The molecular formula is C13H27N3O. The van der Waals surface area contributed by atoms with Crippen LogP contribution in [0.4, 0.5) is 0 Å². The first-order chi connectivity index (χ1) is 7.95. The van der Waals surface area contributed by atoms with Gasteiger partial charge in [0.15, 0.2) is 0 Å². The van der Waals surface area contributed by atoms with Gasteiger partial charge in [0, 0.05) is 19.5 Å². The summed E-state index contributed by atoms with van der Waals surface area (Å²) in [6.07, 6.45) is 2.90. The molecule has 3 N–H and O–H groups in total. The van der Waals surface area contributed by atoms with Gasteiger partial charge >= 0.3 is 0 Å². The van der Waals surface area contributed by atoms with E-state index in [1.54, 1.807) is 0 Å². The SMILES string of the molecule is CN1CCC(C(C)(C)CNC(=O)CCN)CC1. The summed E-state index contributed by atoms with van der Waals surface area (Å²) >= 11 is 0. The Kier molecular flexibility index (Phi) is 5.40. The van der Waals surface area contributed by atoms with Crippen molar-refractivity contribution in [2.45, 2.75) is 33.1 Å². The van der Waals surface area contributed by atoms with Gasteiger partial charge in [-0.3, -0.25) is 4.79 Å². The fourth-order valence-corrected chi connectivity index (χ4v) is 2.48. The molecule has 1 rings (SSSR count). The van der Waals surface area contributed by atoms with Crippen molar-refractivity contribution < 1.29 is 4.79 Å². The first kappa shape index (κ1) is 14.5. The lowest BCUT2D eigenvalue weighted by atomic mass is 9.73. The molecule has 0 atom stereocenters. The van der Waals surface area contributed by atoms with Crippen LogP contribution in [0.3, 0.4) is 0 Å². The molecule has 17 heavy (non-hydrogen) atoms. The molecule has 1 saturated heterocycles. The number of carbonyl (C=O) groups excluding carboxylic acids is 1. The first-order valence-corrected chi connectivity index (χ1v) is 6.61. The van der Waals surface area contributed by atoms with E-state index in [-0.39, 0.29) is 11.3 Å². The van der Waals surface area contributed by atoms with E-state index in [0.717, 1.165) is 6.54 Å². The van der Waals surface area contributed by atoms with Gasteiger partial charge in [0.25, 0.3) is 0 Å². The van der Waals surface area contributed by atoms with Gasteiger partial charge < -0.3 is 16.0 Å². The van der Waals surface area contributed by atoms with Crippen molar-refractivity contribution in [1.82, 2.24) is 10.2 Å². The van der Waals surface area contributed by atoms with E-state index in [4.69, 9.17) is 5.73 Å². The van der Waals surface area contributed by atoms with E-state index >= 15 is 0 Å². The Morgan fingerprint density at radius 3 is 2.53 bits per heavy atom. The minimum absolute atomic E-state index is 0.0773. The molecule has 1 aliphatic rings. The third-order valence-corrected chi connectivity index (χ3v) is 3.94. The molecule has 4 nitrogen and oxygen atoms in total. The van der Waals surface area contributed by atoms with Gasteiger partial charge in [-0.2, -0.15) is 0 Å². The predicted molar refractivity (Wildman–Crippen MR) is 70.7 cm³/mol. The molecule has 1 heterocycles. The molecule has 0 saturated carbocycles. The molecule has 4 heteroatoms. The van der Waals surface area contributed by atoms with Crippen LogP contribution < -0.4 is 11.1 Å². The van der Waals surface area contributed by atoms with Crippen molar-refractivity contribution in [2.24, 2.45) is 17.1 Å². The number of nitrogens with one attached hydrogen (secondary N) is 1. The molecule has 0 aromatic carbocycles. The van der Waals surface area contributed by atoms with Crippen molar-refractivity contribution in [3.63, 3.8) is 0 Å². The average Bonchev–Trinajstić information content (AvgIpc) is 2.28. The zero-order valence-corrected chi connectivity index (χ0v) is 11.5. The highest BCUT2D eigenvalue weighted by Gasteiger charge is 2.31. The molecule has 100 valence electrons. The van der Waals surface area contributed by atoms with E-state index in [9.17, 15) is 4.79 Å². The van der Waals surface area contributed by atoms with Crippen LogP contribution in [0.15, 0.2) is 0 Å². The summed E-state index contributed by atoms with van der Waals surface area (Å²) in [5.74, 6) is 0.783. The van der Waals surface area contributed by atoms with Crippen LogP contribution in [0.2, 0.25) is 0 Å². The normalized spacial score (nSPS) is 19.3. The van der Waals surface area contributed by atoms with Gasteiger partial charge in [-0.05, 0) is 44.3 Å². The van der Waals surface area contributed by atoms with Crippen LogP contribution in [-0.4, -0.2) is 44.0 Å². The number of nitrogens with two attached hydrogens (primary N) is 1.